The standard InChI is InChI=1S/C10H19N5O/c1-15(2)6-8-16-7-5-14-10-9(11)12-3-4-13-10/h3-4H,5-8H2,1-2H3,(H2,11,12)(H,13,14). The number of nitrogen functional groups attached to an aromatic ring is 1. The zero-order valence-corrected chi connectivity index (χ0v) is 9.81. The Morgan fingerprint density at radius 1 is 1.31 bits per heavy atom. The van der Waals surface area contributed by atoms with Crippen molar-refractivity contribution in [2.24, 2.45) is 0 Å². The Kier molecular flexibility index (Phi) is 5.52. The van der Waals surface area contributed by atoms with E-state index >= 15 is 0 Å². The van der Waals surface area contributed by atoms with E-state index in [0.29, 0.717) is 24.8 Å². The number of hydrogen-bond donors (Lipinski definition) is 2. The summed E-state index contributed by atoms with van der Waals surface area (Å²) in [5, 5.41) is 3.06. The predicted molar refractivity (Wildman–Crippen MR) is 64.3 cm³/mol. The molecule has 1 heterocycles. The van der Waals surface area contributed by atoms with Crippen molar-refractivity contribution in [3.63, 3.8) is 0 Å². The lowest BCUT2D eigenvalue weighted by molar-refractivity contribution is 0.126. The van der Waals surface area contributed by atoms with Gasteiger partial charge in [0.25, 0.3) is 0 Å². The summed E-state index contributed by atoms with van der Waals surface area (Å²) in [4.78, 5) is 10.1. The molecular weight excluding hydrogens is 206 g/mol. The molecule has 90 valence electrons. The van der Waals surface area contributed by atoms with Crippen LogP contribution in [0.2, 0.25) is 0 Å². The zero-order valence-electron chi connectivity index (χ0n) is 9.81. The third-order valence-corrected chi connectivity index (χ3v) is 1.95. The van der Waals surface area contributed by atoms with Gasteiger partial charge in [-0.15, -0.1) is 0 Å². The molecule has 0 aliphatic heterocycles. The fraction of sp³-hybridized carbons (Fsp3) is 0.600. The number of nitrogens with two attached hydrogens (primary N) is 1. The molecule has 0 bridgehead atoms. The third kappa shape index (κ3) is 4.90. The van der Waals surface area contributed by atoms with Gasteiger partial charge >= 0.3 is 0 Å². The number of likely N-dealkylation sites (N-methyl/N-ethyl adjacent to an activating group) is 1. The van der Waals surface area contributed by atoms with Crippen LogP contribution in [0.3, 0.4) is 0 Å². The smallest absolute Gasteiger partial charge is 0.169 e. The van der Waals surface area contributed by atoms with Gasteiger partial charge in [0.2, 0.25) is 0 Å². The van der Waals surface area contributed by atoms with Gasteiger partial charge in [-0.25, -0.2) is 9.97 Å². The molecule has 0 saturated heterocycles. The highest BCUT2D eigenvalue weighted by atomic mass is 16.5. The van der Waals surface area contributed by atoms with Crippen molar-refractivity contribution in [1.29, 1.82) is 0 Å². The zero-order chi connectivity index (χ0) is 11.8. The van der Waals surface area contributed by atoms with Gasteiger partial charge in [0.05, 0.1) is 13.2 Å². The first kappa shape index (κ1) is 12.7. The molecule has 0 unspecified atom stereocenters. The number of anilines is 2. The minimum atomic E-state index is 0.413. The van der Waals surface area contributed by atoms with Gasteiger partial charge in [-0.3, -0.25) is 0 Å². The van der Waals surface area contributed by atoms with Crippen molar-refractivity contribution >= 4 is 11.6 Å². The molecule has 0 radical (unpaired) electrons. The van der Waals surface area contributed by atoms with Crippen molar-refractivity contribution in [2.75, 3.05) is 51.4 Å². The van der Waals surface area contributed by atoms with Crippen LogP contribution < -0.4 is 11.1 Å². The summed E-state index contributed by atoms with van der Waals surface area (Å²) in [7, 11) is 4.03. The molecule has 16 heavy (non-hydrogen) atoms. The fourth-order valence-corrected chi connectivity index (χ4v) is 1.08. The second-order valence-electron chi connectivity index (χ2n) is 3.63. The van der Waals surface area contributed by atoms with Crippen molar-refractivity contribution in [2.45, 2.75) is 0 Å². The van der Waals surface area contributed by atoms with Crippen LogP contribution in [-0.4, -0.2) is 55.3 Å². The number of aromatic nitrogens is 2. The molecular formula is C10H19N5O. The van der Waals surface area contributed by atoms with Crippen LogP contribution in [0.5, 0.6) is 0 Å². The summed E-state index contributed by atoms with van der Waals surface area (Å²) in [5.74, 6) is 1.02. The van der Waals surface area contributed by atoms with Gasteiger partial charge in [-0.1, -0.05) is 0 Å². The van der Waals surface area contributed by atoms with Crippen molar-refractivity contribution < 1.29 is 4.74 Å². The van der Waals surface area contributed by atoms with E-state index in [1.54, 1.807) is 12.4 Å². The molecule has 0 amide bonds. The van der Waals surface area contributed by atoms with E-state index in [0.717, 1.165) is 13.2 Å². The largest absolute Gasteiger partial charge is 0.381 e. The summed E-state index contributed by atoms with van der Waals surface area (Å²) >= 11 is 0. The molecule has 1 aromatic rings. The van der Waals surface area contributed by atoms with E-state index < -0.39 is 0 Å². The maximum absolute atomic E-state index is 5.62. The number of rotatable bonds is 7. The first-order chi connectivity index (χ1) is 7.70. The minimum Gasteiger partial charge on any atom is -0.381 e. The molecule has 0 atom stereocenters. The predicted octanol–water partition coefficient (Wildman–Crippen LogP) is 0.0489. The summed E-state index contributed by atoms with van der Waals surface area (Å²) < 4.78 is 5.41. The van der Waals surface area contributed by atoms with Gasteiger partial charge in [0.15, 0.2) is 11.6 Å². The maximum atomic E-state index is 5.62. The Hall–Kier alpha value is -1.40. The number of ether oxygens (including phenoxy) is 1. The lowest BCUT2D eigenvalue weighted by atomic mass is 10.5. The van der Waals surface area contributed by atoms with Gasteiger partial charge in [0.1, 0.15) is 0 Å². The van der Waals surface area contributed by atoms with Crippen LogP contribution in [0, 0.1) is 0 Å². The second kappa shape index (κ2) is 6.97. The van der Waals surface area contributed by atoms with E-state index in [2.05, 4.69) is 20.2 Å². The Labute approximate surface area is 95.8 Å². The average molecular weight is 225 g/mol. The van der Waals surface area contributed by atoms with E-state index in [1.807, 2.05) is 14.1 Å². The van der Waals surface area contributed by atoms with Gasteiger partial charge in [0, 0.05) is 25.5 Å². The van der Waals surface area contributed by atoms with Crippen LogP contribution in [0.15, 0.2) is 12.4 Å². The van der Waals surface area contributed by atoms with E-state index in [4.69, 9.17) is 10.5 Å². The van der Waals surface area contributed by atoms with Crippen molar-refractivity contribution in [3.05, 3.63) is 12.4 Å². The highest BCUT2D eigenvalue weighted by Crippen LogP contribution is 2.08. The molecule has 0 fully saturated rings. The second-order valence-corrected chi connectivity index (χ2v) is 3.63. The van der Waals surface area contributed by atoms with E-state index in [1.165, 1.54) is 0 Å². The van der Waals surface area contributed by atoms with Crippen LogP contribution in [0.4, 0.5) is 11.6 Å². The SMILES string of the molecule is CN(C)CCOCCNc1nccnc1N. The molecule has 0 saturated carbocycles. The summed E-state index contributed by atoms with van der Waals surface area (Å²) in [6, 6.07) is 0. The fourth-order valence-electron chi connectivity index (χ4n) is 1.08. The highest BCUT2D eigenvalue weighted by molar-refractivity contribution is 5.54. The summed E-state index contributed by atoms with van der Waals surface area (Å²) in [5.41, 5.74) is 5.62. The summed E-state index contributed by atoms with van der Waals surface area (Å²) in [6.45, 7) is 2.96. The lowest BCUT2D eigenvalue weighted by Gasteiger charge is -2.10. The number of hydrogen-bond acceptors (Lipinski definition) is 6. The van der Waals surface area contributed by atoms with Gasteiger partial charge in [-0.05, 0) is 14.1 Å². The molecule has 0 aromatic carbocycles. The Balaban J connectivity index is 2.10. The Morgan fingerprint density at radius 2 is 2.06 bits per heavy atom. The van der Waals surface area contributed by atoms with E-state index in [9.17, 15) is 0 Å². The first-order valence-corrected chi connectivity index (χ1v) is 5.23. The normalized spacial score (nSPS) is 10.7. The molecule has 1 aromatic heterocycles. The van der Waals surface area contributed by atoms with Crippen LogP contribution in [0.1, 0.15) is 0 Å². The Morgan fingerprint density at radius 3 is 2.75 bits per heavy atom. The molecule has 3 N–H and O–H groups in total. The van der Waals surface area contributed by atoms with Crippen LogP contribution in [-0.2, 0) is 4.74 Å². The van der Waals surface area contributed by atoms with Crippen molar-refractivity contribution in [1.82, 2.24) is 14.9 Å². The minimum absolute atomic E-state index is 0.413. The molecule has 0 spiro atoms. The average Bonchev–Trinajstić information content (AvgIpc) is 2.25. The Bertz CT molecular complexity index is 305. The summed E-state index contributed by atoms with van der Waals surface area (Å²) in [6.07, 6.45) is 3.17. The number of nitrogens with one attached hydrogen (secondary N) is 1. The quantitative estimate of drug-likeness (QED) is 0.639. The molecule has 0 aliphatic carbocycles. The molecule has 6 heteroatoms. The van der Waals surface area contributed by atoms with Crippen LogP contribution >= 0.6 is 0 Å². The lowest BCUT2D eigenvalue weighted by Crippen LogP contribution is -2.20. The molecule has 0 aliphatic rings. The molecule has 1 rings (SSSR count). The van der Waals surface area contributed by atoms with Gasteiger partial charge in [-0.2, -0.15) is 0 Å². The van der Waals surface area contributed by atoms with E-state index in [-0.39, 0.29) is 0 Å². The first-order valence-electron chi connectivity index (χ1n) is 5.23. The molecule has 6 nitrogen and oxygen atoms in total. The number of nitrogens with zero attached hydrogens (tertiary/aromatic N) is 3. The van der Waals surface area contributed by atoms with Crippen molar-refractivity contribution in [3.8, 4) is 0 Å². The highest BCUT2D eigenvalue weighted by Gasteiger charge is 1.98. The van der Waals surface area contributed by atoms with Gasteiger partial charge < -0.3 is 20.7 Å². The maximum Gasteiger partial charge on any atom is 0.169 e. The third-order valence-electron chi connectivity index (χ3n) is 1.95. The van der Waals surface area contributed by atoms with Crippen LogP contribution in [0.25, 0.3) is 0 Å². The monoisotopic (exact) mass is 225 g/mol. The topological polar surface area (TPSA) is 76.3 Å².